The number of halogens is 1. The highest BCUT2D eigenvalue weighted by Gasteiger charge is 2.13. The molecule has 0 saturated heterocycles. The lowest BCUT2D eigenvalue weighted by molar-refractivity contribution is 0.0600. The summed E-state index contributed by atoms with van der Waals surface area (Å²) in [5, 5.41) is 2.92. The Morgan fingerprint density at radius 3 is 2.67 bits per heavy atom. The van der Waals surface area contributed by atoms with E-state index in [1.165, 1.54) is 19.2 Å². The first-order chi connectivity index (χ1) is 10.0. The van der Waals surface area contributed by atoms with E-state index in [9.17, 15) is 9.59 Å². The third-order valence-corrected chi connectivity index (χ3v) is 3.08. The maximum absolute atomic E-state index is 12.1. The smallest absolute Gasteiger partial charge is 0.339 e. The minimum Gasteiger partial charge on any atom is -0.465 e. The fraction of sp³-hybridized carbons (Fsp3) is 0.133. The second kappa shape index (κ2) is 6.37. The molecule has 1 amide bonds. The summed E-state index contributed by atoms with van der Waals surface area (Å²) in [5.74, 6) is -0.929. The Balaban J connectivity index is 2.24. The molecule has 0 unspecified atom stereocenters. The molecule has 1 heterocycles. The van der Waals surface area contributed by atoms with Crippen LogP contribution in [0.25, 0.3) is 0 Å². The Morgan fingerprint density at radius 2 is 2.00 bits per heavy atom. The summed E-state index contributed by atoms with van der Waals surface area (Å²) in [6.07, 6.45) is 0. The molecule has 1 N–H and O–H groups in total. The van der Waals surface area contributed by atoms with Crippen LogP contribution in [-0.4, -0.2) is 24.0 Å². The second-order valence-electron chi connectivity index (χ2n) is 4.30. The van der Waals surface area contributed by atoms with Gasteiger partial charge in [0.25, 0.3) is 5.91 Å². The molecule has 0 radical (unpaired) electrons. The van der Waals surface area contributed by atoms with Crippen LogP contribution in [-0.2, 0) is 4.74 Å². The van der Waals surface area contributed by atoms with E-state index >= 15 is 0 Å². The van der Waals surface area contributed by atoms with Crippen LogP contribution in [0.3, 0.4) is 0 Å². The molecular formula is C15H13ClN2O3. The number of aryl methyl sites for hydroxylation is 1. The summed E-state index contributed by atoms with van der Waals surface area (Å²) in [6, 6.07) is 9.74. The average Bonchev–Trinajstić information content (AvgIpc) is 2.48. The number of aromatic nitrogens is 1. The monoisotopic (exact) mass is 304 g/mol. The van der Waals surface area contributed by atoms with E-state index in [1.54, 1.807) is 31.2 Å². The Labute approximate surface area is 126 Å². The van der Waals surface area contributed by atoms with E-state index in [0.29, 0.717) is 11.4 Å². The van der Waals surface area contributed by atoms with Gasteiger partial charge in [0.1, 0.15) is 5.69 Å². The van der Waals surface area contributed by atoms with Crippen molar-refractivity contribution >= 4 is 29.2 Å². The molecule has 0 aliphatic rings. The number of hydrogen-bond acceptors (Lipinski definition) is 4. The molecule has 5 nitrogen and oxygen atoms in total. The molecule has 0 fully saturated rings. The first-order valence-electron chi connectivity index (χ1n) is 6.14. The fourth-order valence-electron chi connectivity index (χ4n) is 1.73. The zero-order valence-electron chi connectivity index (χ0n) is 11.5. The Kier molecular flexibility index (Phi) is 4.55. The standard InChI is InChI=1S/C15H13ClN2O3/c1-9-4-3-5-13(17-9)14(19)18-10-6-7-12(16)11(8-10)15(20)21-2/h3-8H,1-2H3,(H,18,19). The van der Waals surface area contributed by atoms with Crippen LogP contribution in [0.1, 0.15) is 26.5 Å². The lowest BCUT2D eigenvalue weighted by atomic mass is 10.2. The Morgan fingerprint density at radius 1 is 1.24 bits per heavy atom. The van der Waals surface area contributed by atoms with Crippen molar-refractivity contribution in [1.82, 2.24) is 4.98 Å². The van der Waals surface area contributed by atoms with Gasteiger partial charge in [-0.15, -0.1) is 0 Å². The number of carbonyl (C=O) groups excluding carboxylic acids is 2. The van der Waals surface area contributed by atoms with E-state index in [0.717, 1.165) is 5.69 Å². The van der Waals surface area contributed by atoms with Gasteiger partial charge in [0.15, 0.2) is 0 Å². The number of nitrogens with zero attached hydrogens (tertiary/aromatic N) is 1. The molecule has 0 saturated carbocycles. The molecule has 0 atom stereocenters. The summed E-state index contributed by atoms with van der Waals surface area (Å²) in [6.45, 7) is 1.80. The van der Waals surface area contributed by atoms with E-state index in [2.05, 4.69) is 15.0 Å². The van der Waals surface area contributed by atoms with Gasteiger partial charge in [0.2, 0.25) is 0 Å². The molecule has 0 spiro atoms. The number of pyridine rings is 1. The summed E-state index contributed by atoms with van der Waals surface area (Å²) < 4.78 is 4.63. The molecule has 108 valence electrons. The predicted octanol–water partition coefficient (Wildman–Crippen LogP) is 3.08. The fourth-order valence-corrected chi connectivity index (χ4v) is 1.93. The summed E-state index contributed by atoms with van der Waals surface area (Å²) in [7, 11) is 1.26. The van der Waals surface area contributed by atoms with Crippen molar-refractivity contribution in [2.75, 3.05) is 12.4 Å². The molecule has 1 aromatic carbocycles. The van der Waals surface area contributed by atoms with Gasteiger partial charge in [0.05, 0.1) is 17.7 Å². The molecule has 6 heteroatoms. The number of nitrogens with one attached hydrogen (secondary N) is 1. The van der Waals surface area contributed by atoms with Crippen LogP contribution in [0.2, 0.25) is 5.02 Å². The van der Waals surface area contributed by atoms with E-state index in [-0.39, 0.29) is 16.5 Å². The summed E-state index contributed by atoms with van der Waals surface area (Å²) in [5.41, 5.74) is 1.67. The average molecular weight is 305 g/mol. The van der Waals surface area contributed by atoms with Crippen LogP contribution in [0.5, 0.6) is 0 Å². The number of amides is 1. The predicted molar refractivity (Wildman–Crippen MR) is 79.7 cm³/mol. The molecule has 0 aliphatic heterocycles. The second-order valence-corrected chi connectivity index (χ2v) is 4.71. The maximum Gasteiger partial charge on any atom is 0.339 e. The zero-order valence-corrected chi connectivity index (χ0v) is 12.3. The molecule has 2 aromatic rings. The van der Waals surface area contributed by atoms with Crippen molar-refractivity contribution < 1.29 is 14.3 Å². The van der Waals surface area contributed by atoms with Gasteiger partial charge in [-0.25, -0.2) is 9.78 Å². The van der Waals surface area contributed by atoms with Gasteiger partial charge < -0.3 is 10.1 Å². The first-order valence-corrected chi connectivity index (χ1v) is 6.52. The summed E-state index contributed by atoms with van der Waals surface area (Å²) in [4.78, 5) is 27.8. The third kappa shape index (κ3) is 3.58. The lowest BCUT2D eigenvalue weighted by Crippen LogP contribution is -2.14. The van der Waals surface area contributed by atoms with Gasteiger partial charge in [-0.2, -0.15) is 0 Å². The van der Waals surface area contributed by atoms with Gasteiger partial charge in [-0.1, -0.05) is 17.7 Å². The Bertz CT molecular complexity index is 701. The zero-order chi connectivity index (χ0) is 15.4. The van der Waals surface area contributed by atoms with Gasteiger partial charge in [-0.05, 0) is 37.3 Å². The van der Waals surface area contributed by atoms with Crippen LogP contribution in [0.4, 0.5) is 5.69 Å². The van der Waals surface area contributed by atoms with Gasteiger partial charge in [-0.3, -0.25) is 4.79 Å². The first kappa shape index (κ1) is 15.0. The van der Waals surface area contributed by atoms with Crippen molar-refractivity contribution in [2.24, 2.45) is 0 Å². The normalized spacial score (nSPS) is 10.0. The van der Waals surface area contributed by atoms with Gasteiger partial charge >= 0.3 is 5.97 Å². The number of ether oxygens (including phenoxy) is 1. The quantitative estimate of drug-likeness (QED) is 0.885. The minimum atomic E-state index is -0.565. The van der Waals surface area contributed by atoms with Crippen LogP contribution >= 0.6 is 11.6 Å². The molecule has 0 aliphatic carbocycles. The summed E-state index contributed by atoms with van der Waals surface area (Å²) >= 11 is 5.92. The number of rotatable bonds is 3. The maximum atomic E-state index is 12.1. The number of carbonyl (C=O) groups is 2. The number of esters is 1. The van der Waals surface area contributed by atoms with E-state index in [4.69, 9.17) is 11.6 Å². The number of methoxy groups -OCH3 is 1. The molecule has 21 heavy (non-hydrogen) atoms. The van der Waals surface area contributed by atoms with Gasteiger partial charge in [0, 0.05) is 11.4 Å². The third-order valence-electron chi connectivity index (χ3n) is 2.75. The Hall–Kier alpha value is -2.40. The number of hydrogen-bond donors (Lipinski definition) is 1. The lowest BCUT2D eigenvalue weighted by Gasteiger charge is -2.08. The molecule has 1 aromatic heterocycles. The highest BCUT2D eigenvalue weighted by atomic mass is 35.5. The van der Waals surface area contributed by atoms with Crippen molar-refractivity contribution in [2.45, 2.75) is 6.92 Å². The van der Waals surface area contributed by atoms with Crippen LogP contribution in [0, 0.1) is 6.92 Å². The van der Waals surface area contributed by atoms with E-state index < -0.39 is 5.97 Å². The molecule has 0 bridgehead atoms. The molecule has 2 rings (SSSR count). The SMILES string of the molecule is COC(=O)c1cc(NC(=O)c2cccc(C)n2)ccc1Cl. The van der Waals surface area contributed by atoms with Crippen molar-refractivity contribution in [3.05, 3.63) is 58.4 Å². The van der Waals surface area contributed by atoms with Crippen molar-refractivity contribution in [1.29, 1.82) is 0 Å². The number of benzene rings is 1. The number of anilines is 1. The highest BCUT2D eigenvalue weighted by Crippen LogP contribution is 2.21. The highest BCUT2D eigenvalue weighted by molar-refractivity contribution is 6.33. The topological polar surface area (TPSA) is 68.3 Å². The largest absolute Gasteiger partial charge is 0.465 e. The van der Waals surface area contributed by atoms with Crippen molar-refractivity contribution in [3.8, 4) is 0 Å². The molecular weight excluding hydrogens is 292 g/mol. The minimum absolute atomic E-state index is 0.189. The van der Waals surface area contributed by atoms with Crippen LogP contribution < -0.4 is 5.32 Å². The van der Waals surface area contributed by atoms with Crippen LogP contribution in [0.15, 0.2) is 36.4 Å². The van der Waals surface area contributed by atoms with E-state index in [1.807, 2.05) is 0 Å². The van der Waals surface area contributed by atoms with Crippen molar-refractivity contribution in [3.63, 3.8) is 0 Å².